The first-order valence-corrected chi connectivity index (χ1v) is 10.5. The number of fused-ring (bicyclic) bond motifs is 1. The minimum atomic E-state index is -3.67. The smallest absolute Gasteiger partial charge is 0.245 e. The van der Waals surface area contributed by atoms with Crippen molar-refractivity contribution in [3.8, 4) is 11.5 Å². The van der Waals surface area contributed by atoms with Gasteiger partial charge in [-0.1, -0.05) is 29.8 Å². The molecule has 2 heterocycles. The first-order chi connectivity index (χ1) is 12.6. The Bertz CT molecular complexity index is 916. The highest BCUT2D eigenvalue weighted by Gasteiger charge is 2.37. The van der Waals surface area contributed by atoms with Crippen molar-refractivity contribution < 1.29 is 17.9 Å². The average molecular weight is 394 g/mol. The fourth-order valence-corrected chi connectivity index (χ4v) is 5.71. The van der Waals surface area contributed by atoms with Crippen LogP contribution >= 0.6 is 11.6 Å². The fraction of sp³-hybridized carbons (Fsp3) is 0.368. The molecule has 26 heavy (non-hydrogen) atoms. The number of rotatable bonds is 3. The summed E-state index contributed by atoms with van der Waals surface area (Å²) in [7, 11) is -3.67. The molecule has 5 nitrogen and oxygen atoms in total. The minimum absolute atomic E-state index is 0.155. The molecule has 2 aliphatic heterocycles. The standard InChI is InChI=1S/C19H20ClNO4S/c20-15-5-1-2-7-19(15)26(22,23)21-10-3-6-16(21)14-8-9-17-18(13-14)25-12-4-11-24-17/h1-2,5,7-9,13,16H,3-4,6,10-12H2. The van der Waals surface area contributed by atoms with Gasteiger partial charge in [0, 0.05) is 13.0 Å². The van der Waals surface area contributed by atoms with Crippen LogP contribution in [-0.4, -0.2) is 32.5 Å². The molecule has 1 fully saturated rings. The van der Waals surface area contributed by atoms with Gasteiger partial charge in [-0.25, -0.2) is 8.42 Å². The molecule has 1 unspecified atom stereocenters. The van der Waals surface area contributed by atoms with Crippen molar-refractivity contribution in [2.24, 2.45) is 0 Å². The molecule has 0 amide bonds. The van der Waals surface area contributed by atoms with Gasteiger partial charge < -0.3 is 9.47 Å². The van der Waals surface area contributed by atoms with E-state index >= 15 is 0 Å². The van der Waals surface area contributed by atoms with Crippen LogP contribution in [0.1, 0.15) is 30.9 Å². The summed E-state index contributed by atoms with van der Waals surface area (Å²) in [5.41, 5.74) is 0.919. The van der Waals surface area contributed by atoms with E-state index in [4.69, 9.17) is 21.1 Å². The lowest BCUT2D eigenvalue weighted by Gasteiger charge is -2.25. The van der Waals surface area contributed by atoms with Crippen molar-refractivity contribution in [1.29, 1.82) is 0 Å². The second-order valence-electron chi connectivity index (χ2n) is 6.46. The highest BCUT2D eigenvalue weighted by molar-refractivity contribution is 7.89. The van der Waals surface area contributed by atoms with E-state index in [0.29, 0.717) is 31.3 Å². The van der Waals surface area contributed by atoms with Gasteiger partial charge in [-0.2, -0.15) is 4.31 Å². The van der Waals surface area contributed by atoms with E-state index in [1.54, 1.807) is 28.6 Å². The van der Waals surface area contributed by atoms with E-state index in [1.807, 2.05) is 18.2 Å². The van der Waals surface area contributed by atoms with Gasteiger partial charge in [-0.15, -0.1) is 0 Å². The molecule has 138 valence electrons. The number of hydrogen-bond donors (Lipinski definition) is 0. The molecule has 2 aliphatic rings. The largest absolute Gasteiger partial charge is 0.490 e. The quantitative estimate of drug-likeness (QED) is 0.790. The van der Waals surface area contributed by atoms with E-state index < -0.39 is 10.0 Å². The van der Waals surface area contributed by atoms with E-state index in [-0.39, 0.29) is 16.0 Å². The zero-order chi connectivity index (χ0) is 18.1. The molecule has 0 saturated carbocycles. The van der Waals surface area contributed by atoms with Crippen molar-refractivity contribution in [2.45, 2.75) is 30.2 Å². The van der Waals surface area contributed by atoms with Gasteiger partial charge in [0.2, 0.25) is 10.0 Å². The van der Waals surface area contributed by atoms with Crippen molar-refractivity contribution >= 4 is 21.6 Å². The molecule has 0 bridgehead atoms. The third-order valence-electron chi connectivity index (χ3n) is 4.78. The Labute approximate surface area is 158 Å². The molecule has 4 rings (SSSR count). The maximum absolute atomic E-state index is 13.2. The third kappa shape index (κ3) is 3.17. The summed E-state index contributed by atoms with van der Waals surface area (Å²) in [6, 6.07) is 12.1. The van der Waals surface area contributed by atoms with E-state index in [1.165, 1.54) is 0 Å². The van der Waals surface area contributed by atoms with Crippen LogP contribution in [0.4, 0.5) is 0 Å². The summed E-state index contributed by atoms with van der Waals surface area (Å²) in [4.78, 5) is 0.155. The summed E-state index contributed by atoms with van der Waals surface area (Å²) in [5.74, 6) is 1.40. The lowest BCUT2D eigenvalue weighted by atomic mass is 10.0. The van der Waals surface area contributed by atoms with Crippen LogP contribution in [0.2, 0.25) is 5.02 Å². The fourth-order valence-electron chi connectivity index (χ4n) is 3.53. The molecule has 0 aliphatic carbocycles. The molecule has 7 heteroatoms. The van der Waals surface area contributed by atoms with Crippen molar-refractivity contribution in [3.63, 3.8) is 0 Å². The van der Waals surface area contributed by atoms with Crippen LogP contribution in [-0.2, 0) is 10.0 Å². The van der Waals surface area contributed by atoms with Gasteiger partial charge in [-0.05, 0) is 42.7 Å². The molecule has 0 aromatic heterocycles. The number of nitrogens with zero attached hydrogens (tertiary/aromatic N) is 1. The van der Waals surface area contributed by atoms with Crippen molar-refractivity contribution in [1.82, 2.24) is 4.31 Å². The monoisotopic (exact) mass is 393 g/mol. The summed E-state index contributed by atoms with van der Waals surface area (Å²) in [6.07, 6.45) is 2.41. The maximum Gasteiger partial charge on any atom is 0.245 e. The third-order valence-corrected chi connectivity index (χ3v) is 7.19. The SMILES string of the molecule is O=S(=O)(c1ccccc1Cl)N1CCCC1c1ccc2c(c1)OCCCO2. The molecule has 2 aromatic carbocycles. The van der Waals surface area contributed by atoms with E-state index in [9.17, 15) is 8.42 Å². The zero-order valence-electron chi connectivity index (χ0n) is 14.2. The molecule has 0 radical (unpaired) electrons. The molecular formula is C19H20ClNO4S. The number of ether oxygens (including phenoxy) is 2. The second kappa shape index (κ2) is 7.10. The van der Waals surface area contributed by atoms with Gasteiger partial charge in [-0.3, -0.25) is 0 Å². The zero-order valence-corrected chi connectivity index (χ0v) is 15.8. The van der Waals surface area contributed by atoms with Crippen LogP contribution < -0.4 is 9.47 Å². The first-order valence-electron chi connectivity index (χ1n) is 8.73. The second-order valence-corrected chi connectivity index (χ2v) is 8.73. The Kier molecular flexibility index (Phi) is 4.82. The summed E-state index contributed by atoms with van der Waals surface area (Å²) in [6.45, 7) is 1.71. The normalized spacial score (nSPS) is 20.7. The van der Waals surface area contributed by atoms with E-state index in [0.717, 1.165) is 24.8 Å². The van der Waals surface area contributed by atoms with Crippen LogP contribution in [0.3, 0.4) is 0 Å². The molecule has 0 spiro atoms. The Hall–Kier alpha value is -1.76. The lowest BCUT2D eigenvalue weighted by molar-refractivity contribution is 0.296. The topological polar surface area (TPSA) is 55.8 Å². The highest BCUT2D eigenvalue weighted by atomic mass is 35.5. The maximum atomic E-state index is 13.2. The molecule has 2 aromatic rings. The lowest BCUT2D eigenvalue weighted by Crippen LogP contribution is -2.30. The predicted molar refractivity (Wildman–Crippen MR) is 99.4 cm³/mol. The molecule has 1 saturated heterocycles. The van der Waals surface area contributed by atoms with Gasteiger partial charge in [0.05, 0.1) is 24.3 Å². The van der Waals surface area contributed by atoms with Crippen LogP contribution in [0.15, 0.2) is 47.4 Å². The number of benzene rings is 2. The summed E-state index contributed by atoms with van der Waals surface area (Å²) >= 11 is 6.15. The Morgan fingerprint density at radius 3 is 2.58 bits per heavy atom. The first kappa shape index (κ1) is 17.6. The van der Waals surface area contributed by atoms with Crippen LogP contribution in [0.5, 0.6) is 11.5 Å². The van der Waals surface area contributed by atoms with Gasteiger partial charge >= 0.3 is 0 Å². The van der Waals surface area contributed by atoms with Gasteiger partial charge in [0.15, 0.2) is 11.5 Å². The molecule has 0 N–H and O–H groups in total. The Morgan fingerprint density at radius 2 is 1.77 bits per heavy atom. The molecular weight excluding hydrogens is 374 g/mol. The van der Waals surface area contributed by atoms with Crippen molar-refractivity contribution in [2.75, 3.05) is 19.8 Å². The highest BCUT2D eigenvalue weighted by Crippen LogP contribution is 2.41. The Balaban J connectivity index is 1.69. The minimum Gasteiger partial charge on any atom is -0.490 e. The summed E-state index contributed by atoms with van der Waals surface area (Å²) in [5, 5.41) is 0.247. The average Bonchev–Trinajstić information content (AvgIpc) is 3.02. The van der Waals surface area contributed by atoms with Crippen molar-refractivity contribution in [3.05, 3.63) is 53.1 Å². The number of hydrogen-bond acceptors (Lipinski definition) is 4. The molecule has 1 atom stereocenters. The number of halogens is 1. The van der Waals surface area contributed by atoms with Crippen LogP contribution in [0, 0.1) is 0 Å². The van der Waals surface area contributed by atoms with Gasteiger partial charge in [0.1, 0.15) is 4.90 Å². The van der Waals surface area contributed by atoms with Gasteiger partial charge in [0.25, 0.3) is 0 Å². The van der Waals surface area contributed by atoms with Crippen LogP contribution in [0.25, 0.3) is 0 Å². The number of sulfonamides is 1. The van der Waals surface area contributed by atoms with E-state index in [2.05, 4.69) is 0 Å². The summed E-state index contributed by atoms with van der Waals surface area (Å²) < 4.78 is 39.3. The predicted octanol–water partition coefficient (Wildman–Crippen LogP) is 4.03. The Morgan fingerprint density at radius 1 is 1.00 bits per heavy atom.